The van der Waals surface area contributed by atoms with E-state index in [9.17, 15) is 9.59 Å². The Labute approximate surface area is 179 Å². The molecular weight excluding hydrogens is 378 g/mol. The maximum Gasteiger partial charge on any atom is 0.251 e. The fourth-order valence-corrected chi connectivity index (χ4v) is 2.71. The highest BCUT2D eigenvalue weighted by atomic mass is 16.5. The number of hydrogen-bond donors (Lipinski definition) is 3. The van der Waals surface area contributed by atoms with Crippen molar-refractivity contribution in [3.05, 3.63) is 54.1 Å². The van der Waals surface area contributed by atoms with Crippen LogP contribution in [0.1, 0.15) is 50.4 Å². The molecule has 6 heteroatoms. The van der Waals surface area contributed by atoms with Gasteiger partial charge in [0, 0.05) is 29.5 Å². The van der Waals surface area contributed by atoms with Gasteiger partial charge in [0.15, 0.2) is 0 Å². The maximum atomic E-state index is 12.3. The lowest BCUT2D eigenvalue weighted by Crippen LogP contribution is -2.25. The molecule has 6 nitrogen and oxygen atoms in total. The standard InChI is InChI=1S/C24H33N3O3/c1-4-5-13-25-24(29)19-8-6-9-20(15-19)26-17-23(28)27-21-10-7-11-22(16-21)30-14-12-18(2)3/h6-11,15-16,18,26H,4-5,12-14,17H2,1-3H3,(H,25,29)(H,27,28). The van der Waals surface area contributed by atoms with Gasteiger partial charge in [-0.25, -0.2) is 0 Å². The quantitative estimate of drug-likeness (QED) is 0.443. The summed E-state index contributed by atoms with van der Waals surface area (Å²) >= 11 is 0. The number of rotatable bonds is 12. The predicted octanol–water partition coefficient (Wildman–Crippen LogP) is 4.69. The van der Waals surface area contributed by atoms with Crippen LogP contribution in [-0.4, -0.2) is 31.5 Å². The SMILES string of the molecule is CCCCNC(=O)c1cccc(NCC(=O)Nc2cccc(OCCC(C)C)c2)c1. The second kappa shape index (κ2) is 12.5. The molecular formula is C24H33N3O3. The van der Waals surface area contributed by atoms with Gasteiger partial charge in [0.1, 0.15) is 5.75 Å². The molecule has 0 spiro atoms. The summed E-state index contributed by atoms with van der Waals surface area (Å²) in [4.78, 5) is 24.5. The van der Waals surface area contributed by atoms with Gasteiger partial charge in [-0.3, -0.25) is 9.59 Å². The molecule has 3 N–H and O–H groups in total. The van der Waals surface area contributed by atoms with Gasteiger partial charge in [0.25, 0.3) is 5.91 Å². The number of nitrogens with one attached hydrogen (secondary N) is 3. The van der Waals surface area contributed by atoms with Crippen molar-refractivity contribution in [3.8, 4) is 5.75 Å². The number of ether oxygens (including phenoxy) is 1. The third-order valence-corrected chi connectivity index (χ3v) is 4.48. The Hall–Kier alpha value is -3.02. The molecule has 0 atom stereocenters. The fraction of sp³-hybridized carbons (Fsp3) is 0.417. The minimum Gasteiger partial charge on any atom is -0.494 e. The first-order chi connectivity index (χ1) is 14.5. The average molecular weight is 412 g/mol. The summed E-state index contributed by atoms with van der Waals surface area (Å²) in [5, 5.41) is 8.82. The van der Waals surface area contributed by atoms with Crippen LogP contribution < -0.4 is 20.7 Å². The van der Waals surface area contributed by atoms with Crippen LogP contribution in [0.25, 0.3) is 0 Å². The van der Waals surface area contributed by atoms with Crippen molar-refractivity contribution >= 4 is 23.2 Å². The molecule has 0 heterocycles. The van der Waals surface area contributed by atoms with Crippen LogP contribution >= 0.6 is 0 Å². The van der Waals surface area contributed by atoms with E-state index >= 15 is 0 Å². The second-order valence-electron chi connectivity index (χ2n) is 7.65. The highest BCUT2D eigenvalue weighted by molar-refractivity contribution is 5.96. The van der Waals surface area contributed by atoms with Crippen LogP contribution in [0.4, 0.5) is 11.4 Å². The third-order valence-electron chi connectivity index (χ3n) is 4.48. The van der Waals surface area contributed by atoms with E-state index in [0.717, 1.165) is 30.7 Å². The number of amides is 2. The molecule has 0 unspecified atom stereocenters. The molecule has 2 amide bonds. The molecule has 2 aromatic rings. The van der Waals surface area contributed by atoms with Crippen LogP contribution in [-0.2, 0) is 4.79 Å². The number of carbonyl (C=O) groups is 2. The lowest BCUT2D eigenvalue weighted by molar-refractivity contribution is -0.114. The summed E-state index contributed by atoms with van der Waals surface area (Å²) in [6.07, 6.45) is 2.97. The molecule has 2 rings (SSSR count). The molecule has 0 saturated carbocycles. The van der Waals surface area contributed by atoms with E-state index in [1.807, 2.05) is 30.3 Å². The Kier molecular flexibility index (Phi) is 9.71. The molecule has 2 aromatic carbocycles. The molecule has 0 aliphatic heterocycles. The summed E-state index contributed by atoms with van der Waals surface area (Å²) < 4.78 is 5.73. The van der Waals surface area contributed by atoms with Crippen molar-refractivity contribution in [3.63, 3.8) is 0 Å². The van der Waals surface area contributed by atoms with Gasteiger partial charge in [0.05, 0.1) is 13.2 Å². The monoisotopic (exact) mass is 411 g/mol. The highest BCUT2D eigenvalue weighted by Crippen LogP contribution is 2.18. The molecule has 0 bridgehead atoms. The van der Waals surface area contributed by atoms with E-state index in [1.165, 1.54) is 0 Å². The van der Waals surface area contributed by atoms with E-state index in [4.69, 9.17) is 4.74 Å². The van der Waals surface area contributed by atoms with Gasteiger partial charge in [-0.05, 0) is 49.1 Å². The summed E-state index contributed by atoms with van der Waals surface area (Å²) in [6.45, 7) is 7.80. The third kappa shape index (κ3) is 8.55. The maximum absolute atomic E-state index is 12.3. The number of anilines is 2. The minimum atomic E-state index is -0.174. The molecule has 30 heavy (non-hydrogen) atoms. The van der Waals surface area contributed by atoms with Crippen molar-refractivity contribution in [2.75, 3.05) is 30.3 Å². The van der Waals surface area contributed by atoms with E-state index in [-0.39, 0.29) is 18.4 Å². The Morgan fingerprint density at radius 2 is 1.80 bits per heavy atom. The van der Waals surface area contributed by atoms with Gasteiger partial charge >= 0.3 is 0 Å². The smallest absolute Gasteiger partial charge is 0.251 e. The number of carbonyl (C=O) groups excluding carboxylic acids is 2. The largest absolute Gasteiger partial charge is 0.494 e. The van der Waals surface area contributed by atoms with E-state index < -0.39 is 0 Å². The number of unbranched alkanes of at least 4 members (excludes halogenated alkanes) is 1. The van der Waals surface area contributed by atoms with E-state index in [1.54, 1.807) is 18.2 Å². The lowest BCUT2D eigenvalue weighted by Gasteiger charge is -2.11. The molecule has 0 aliphatic rings. The van der Waals surface area contributed by atoms with Crippen molar-refractivity contribution in [2.24, 2.45) is 5.92 Å². The molecule has 0 saturated heterocycles. The molecule has 0 radical (unpaired) electrons. The number of hydrogen-bond acceptors (Lipinski definition) is 4. The van der Waals surface area contributed by atoms with Crippen molar-refractivity contribution in [1.29, 1.82) is 0 Å². The Bertz CT molecular complexity index is 821. The fourth-order valence-electron chi connectivity index (χ4n) is 2.71. The van der Waals surface area contributed by atoms with Crippen LogP contribution in [0.15, 0.2) is 48.5 Å². The normalized spacial score (nSPS) is 10.5. The van der Waals surface area contributed by atoms with Crippen LogP contribution in [0, 0.1) is 5.92 Å². The Morgan fingerprint density at radius 1 is 1.03 bits per heavy atom. The van der Waals surface area contributed by atoms with E-state index in [0.29, 0.717) is 30.3 Å². The second-order valence-corrected chi connectivity index (χ2v) is 7.65. The van der Waals surface area contributed by atoms with Gasteiger partial charge in [-0.2, -0.15) is 0 Å². The predicted molar refractivity (Wildman–Crippen MR) is 122 cm³/mol. The molecule has 0 aliphatic carbocycles. The zero-order valence-corrected chi connectivity index (χ0v) is 18.2. The molecule has 0 fully saturated rings. The summed E-state index contributed by atoms with van der Waals surface area (Å²) in [6, 6.07) is 14.5. The van der Waals surface area contributed by atoms with Crippen molar-refractivity contribution in [1.82, 2.24) is 5.32 Å². The van der Waals surface area contributed by atoms with Crippen LogP contribution in [0.3, 0.4) is 0 Å². The summed E-state index contributed by atoms with van der Waals surface area (Å²) in [5.74, 6) is 1.04. The Morgan fingerprint density at radius 3 is 2.57 bits per heavy atom. The molecule has 162 valence electrons. The van der Waals surface area contributed by atoms with Crippen LogP contribution in [0.2, 0.25) is 0 Å². The van der Waals surface area contributed by atoms with Crippen molar-refractivity contribution in [2.45, 2.75) is 40.0 Å². The topological polar surface area (TPSA) is 79.5 Å². The van der Waals surface area contributed by atoms with Gasteiger partial charge < -0.3 is 20.7 Å². The summed E-state index contributed by atoms with van der Waals surface area (Å²) in [7, 11) is 0. The molecule has 0 aromatic heterocycles. The summed E-state index contributed by atoms with van der Waals surface area (Å²) in [5.41, 5.74) is 1.98. The van der Waals surface area contributed by atoms with Crippen molar-refractivity contribution < 1.29 is 14.3 Å². The zero-order valence-electron chi connectivity index (χ0n) is 18.2. The first kappa shape index (κ1) is 23.3. The lowest BCUT2D eigenvalue weighted by atomic mass is 10.1. The van der Waals surface area contributed by atoms with E-state index in [2.05, 4.69) is 36.7 Å². The average Bonchev–Trinajstić information content (AvgIpc) is 2.72. The Balaban J connectivity index is 1.83. The van der Waals surface area contributed by atoms with Gasteiger partial charge in [-0.15, -0.1) is 0 Å². The first-order valence-corrected chi connectivity index (χ1v) is 10.6. The first-order valence-electron chi connectivity index (χ1n) is 10.6. The van der Waals surface area contributed by atoms with Crippen LogP contribution in [0.5, 0.6) is 5.75 Å². The van der Waals surface area contributed by atoms with Gasteiger partial charge in [0.2, 0.25) is 5.91 Å². The van der Waals surface area contributed by atoms with Gasteiger partial charge in [-0.1, -0.05) is 39.3 Å². The highest BCUT2D eigenvalue weighted by Gasteiger charge is 2.07. The zero-order chi connectivity index (χ0) is 21.8. The minimum absolute atomic E-state index is 0.0966. The number of benzene rings is 2.